The molecule has 1 spiro atoms. The number of benzene rings is 1. The van der Waals surface area contributed by atoms with Crippen molar-refractivity contribution in [1.29, 1.82) is 0 Å². The molecular formula is C27H30F4N4O6. The maximum atomic E-state index is 13.6. The van der Waals surface area contributed by atoms with Gasteiger partial charge in [0, 0.05) is 25.6 Å². The van der Waals surface area contributed by atoms with Gasteiger partial charge in [0.15, 0.2) is 11.4 Å². The Labute approximate surface area is 233 Å². The van der Waals surface area contributed by atoms with Gasteiger partial charge in [0.1, 0.15) is 18.4 Å². The van der Waals surface area contributed by atoms with Crippen LogP contribution in [0.2, 0.25) is 0 Å². The number of alkyl halides is 3. The predicted octanol–water partition coefficient (Wildman–Crippen LogP) is 2.78. The highest BCUT2D eigenvalue weighted by Gasteiger charge is 2.56. The van der Waals surface area contributed by atoms with Crippen molar-refractivity contribution in [3.05, 3.63) is 59.1 Å². The summed E-state index contributed by atoms with van der Waals surface area (Å²) in [5.74, 6) is -2.62. The molecule has 2 fully saturated rings. The number of Topliss-reactive ketones (excluding diaryl/α,β-unsaturated/α-hetero) is 1. The molecule has 3 N–H and O–H groups in total. The maximum absolute atomic E-state index is 13.6. The van der Waals surface area contributed by atoms with Crippen LogP contribution < -0.4 is 10.6 Å². The molecule has 0 radical (unpaired) electrons. The molecular weight excluding hydrogens is 552 g/mol. The van der Waals surface area contributed by atoms with Crippen LogP contribution in [0.3, 0.4) is 0 Å². The number of ketones is 1. The molecule has 3 aliphatic rings. The number of carbonyl (C=O) groups is 4. The van der Waals surface area contributed by atoms with Crippen molar-refractivity contribution in [1.82, 2.24) is 20.4 Å². The van der Waals surface area contributed by atoms with Gasteiger partial charge in [-0.2, -0.15) is 13.2 Å². The third kappa shape index (κ3) is 6.53. The van der Waals surface area contributed by atoms with Gasteiger partial charge in [0.2, 0.25) is 5.91 Å². The molecule has 1 unspecified atom stereocenters. The Morgan fingerprint density at radius 1 is 1.22 bits per heavy atom. The summed E-state index contributed by atoms with van der Waals surface area (Å²) in [5.41, 5.74) is -0.422. The van der Waals surface area contributed by atoms with E-state index in [2.05, 4.69) is 10.6 Å². The summed E-state index contributed by atoms with van der Waals surface area (Å²) in [4.78, 5) is 52.7. The van der Waals surface area contributed by atoms with Crippen LogP contribution >= 0.6 is 0 Å². The van der Waals surface area contributed by atoms with Gasteiger partial charge >= 0.3 is 18.3 Å². The number of aliphatic hydroxyl groups is 1. The minimum Gasteiger partial charge on any atom is -0.436 e. The van der Waals surface area contributed by atoms with Crippen LogP contribution in [0.25, 0.3) is 0 Å². The van der Waals surface area contributed by atoms with Gasteiger partial charge in [0.05, 0.1) is 12.2 Å². The van der Waals surface area contributed by atoms with Gasteiger partial charge in [-0.25, -0.2) is 14.0 Å². The normalized spacial score (nSPS) is 22.6. The standard InChI is InChI=1S/C27H30F4N4O6/c1-16(27(29,30)31)35(13-17-3-5-18(28)6-4-17)22(37)14-34-15-26(41-25(34)40)10-9-19-20(26)7-8-21(23(19)38)33-24(39)32-11-2-12-36/h3-8,16,19,36H,2,9-15H2,1H3,(H2,32,33,39)/t16-,19?,26-/m0/s1. The Hall–Kier alpha value is -3.94. The molecule has 1 heterocycles. The number of rotatable bonds is 9. The van der Waals surface area contributed by atoms with Gasteiger partial charge in [-0.1, -0.05) is 18.2 Å². The van der Waals surface area contributed by atoms with Crippen LogP contribution in [0.5, 0.6) is 0 Å². The van der Waals surface area contributed by atoms with E-state index in [0.717, 1.165) is 24.0 Å². The van der Waals surface area contributed by atoms with Gasteiger partial charge in [-0.3, -0.25) is 14.5 Å². The number of urea groups is 1. The Kier molecular flexibility index (Phi) is 8.71. The van der Waals surface area contributed by atoms with Crippen LogP contribution in [0.15, 0.2) is 47.7 Å². The Morgan fingerprint density at radius 3 is 2.59 bits per heavy atom. The monoisotopic (exact) mass is 582 g/mol. The molecule has 2 aliphatic carbocycles. The van der Waals surface area contributed by atoms with Crippen molar-refractivity contribution in [2.75, 3.05) is 26.2 Å². The van der Waals surface area contributed by atoms with Crippen LogP contribution in [0, 0.1) is 11.7 Å². The van der Waals surface area contributed by atoms with E-state index in [1.165, 1.54) is 18.2 Å². The number of allylic oxidation sites excluding steroid dienone is 3. The number of carbonyl (C=O) groups excluding carboxylic acids is 4. The minimum absolute atomic E-state index is 0.0474. The highest BCUT2D eigenvalue weighted by Crippen LogP contribution is 2.48. The molecule has 14 heteroatoms. The highest BCUT2D eigenvalue weighted by atomic mass is 19.4. The summed E-state index contributed by atoms with van der Waals surface area (Å²) in [6, 6.07) is 1.91. The number of hydrogen-bond acceptors (Lipinski definition) is 6. The lowest BCUT2D eigenvalue weighted by Crippen LogP contribution is -2.50. The molecule has 1 saturated heterocycles. The molecule has 4 amide bonds. The first-order chi connectivity index (χ1) is 19.3. The van der Waals surface area contributed by atoms with Crippen LogP contribution in [0.4, 0.5) is 27.2 Å². The van der Waals surface area contributed by atoms with E-state index in [9.17, 15) is 36.7 Å². The molecule has 4 rings (SSSR count). The smallest absolute Gasteiger partial charge is 0.411 e. The molecule has 41 heavy (non-hydrogen) atoms. The fraction of sp³-hybridized carbons (Fsp3) is 0.481. The second-order valence-corrected chi connectivity index (χ2v) is 10.2. The van der Waals surface area contributed by atoms with E-state index in [1.54, 1.807) is 6.08 Å². The molecule has 1 saturated carbocycles. The number of amides is 4. The van der Waals surface area contributed by atoms with Crippen LogP contribution in [0.1, 0.15) is 31.7 Å². The third-order valence-electron chi connectivity index (χ3n) is 7.46. The zero-order valence-electron chi connectivity index (χ0n) is 22.2. The first-order valence-corrected chi connectivity index (χ1v) is 13.1. The summed E-state index contributed by atoms with van der Waals surface area (Å²) >= 11 is 0. The molecule has 222 valence electrons. The van der Waals surface area contributed by atoms with E-state index in [4.69, 9.17) is 9.84 Å². The Bertz CT molecular complexity index is 1270. The number of aliphatic hydroxyl groups excluding tert-OH is 1. The Balaban J connectivity index is 1.47. The van der Waals surface area contributed by atoms with E-state index < -0.39 is 60.7 Å². The van der Waals surface area contributed by atoms with Gasteiger partial charge in [-0.05, 0) is 55.5 Å². The summed E-state index contributed by atoms with van der Waals surface area (Å²) in [7, 11) is 0. The second-order valence-electron chi connectivity index (χ2n) is 10.2. The maximum Gasteiger partial charge on any atom is 0.411 e. The topological polar surface area (TPSA) is 128 Å². The average molecular weight is 583 g/mol. The summed E-state index contributed by atoms with van der Waals surface area (Å²) in [6.45, 7) is -0.348. The third-order valence-corrected chi connectivity index (χ3v) is 7.46. The number of fused-ring (bicyclic) bond motifs is 2. The molecule has 1 aromatic carbocycles. The van der Waals surface area contributed by atoms with Crippen molar-refractivity contribution >= 4 is 23.8 Å². The van der Waals surface area contributed by atoms with E-state index in [0.29, 0.717) is 23.3 Å². The summed E-state index contributed by atoms with van der Waals surface area (Å²) in [6.07, 6.45) is -1.79. The second kappa shape index (κ2) is 11.9. The number of halogens is 4. The fourth-order valence-electron chi connectivity index (χ4n) is 5.22. The lowest BCUT2D eigenvalue weighted by atomic mass is 9.85. The zero-order chi connectivity index (χ0) is 29.9. The van der Waals surface area contributed by atoms with E-state index >= 15 is 0 Å². The van der Waals surface area contributed by atoms with Gasteiger partial charge in [0.25, 0.3) is 0 Å². The summed E-state index contributed by atoms with van der Waals surface area (Å²) in [5, 5.41) is 13.8. The highest BCUT2D eigenvalue weighted by molar-refractivity contribution is 6.03. The first kappa shape index (κ1) is 30.0. The molecule has 1 aromatic rings. The van der Waals surface area contributed by atoms with Crippen molar-refractivity contribution in [3.8, 4) is 0 Å². The van der Waals surface area contributed by atoms with Gasteiger partial charge < -0.3 is 25.4 Å². The average Bonchev–Trinajstić information content (AvgIpc) is 3.43. The lowest BCUT2D eigenvalue weighted by Gasteiger charge is -2.32. The molecule has 0 aromatic heterocycles. The molecule has 10 nitrogen and oxygen atoms in total. The number of nitrogens with zero attached hydrogens (tertiary/aromatic N) is 2. The van der Waals surface area contributed by atoms with Gasteiger partial charge in [-0.15, -0.1) is 0 Å². The minimum atomic E-state index is -4.75. The van der Waals surface area contributed by atoms with Crippen molar-refractivity contribution < 1.29 is 46.6 Å². The van der Waals surface area contributed by atoms with Crippen LogP contribution in [-0.4, -0.2) is 82.8 Å². The van der Waals surface area contributed by atoms with E-state index in [1.807, 2.05) is 0 Å². The van der Waals surface area contributed by atoms with Crippen molar-refractivity contribution in [3.63, 3.8) is 0 Å². The zero-order valence-corrected chi connectivity index (χ0v) is 22.2. The molecule has 1 aliphatic heterocycles. The number of hydrogen-bond donors (Lipinski definition) is 3. The molecule has 3 atom stereocenters. The van der Waals surface area contributed by atoms with E-state index in [-0.39, 0.29) is 43.2 Å². The number of nitrogens with one attached hydrogen (secondary N) is 2. The lowest BCUT2D eigenvalue weighted by molar-refractivity contribution is -0.187. The molecule has 0 bridgehead atoms. The quantitative estimate of drug-likeness (QED) is 0.304. The Morgan fingerprint density at radius 2 is 1.93 bits per heavy atom. The van der Waals surface area contributed by atoms with Crippen molar-refractivity contribution in [2.45, 2.75) is 50.6 Å². The number of ether oxygens (including phenoxy) is 1. The SMILES string of the molecule is C[C@H](N(Cc1ccc(F)cc1)C(=O)CN1C[C@]2(CCC3C(=O)C(NC(=O)NCCCO)=CC=C32)OC1=O)C(F)(F)F. The largest absolute Gasteiger partial charge is 0.436 e. The summed E-state index contributed by atoms with van der Waals surface area (Å²) < 4.78 is 59.8. The predicted molar refractivity (Wildman–Crippen MR) is 135 cm³/mol. The fourth-order valence-corrected chi connectivity index (χ4v) is 5.22. The first-order valence-electron chi connectivity index (χ1n) is 13.1. The van der Waals surface area contributed by atoms with Crippen LogP contribution in [-0.2, 0) is 20.9 Å². The van der Waals surface area contributed by atoms with Crippen molar-refractivity contribution in [2.24, 2.45) is 5.92 Å².